The molecule has 0 amide bonds. The summed E-state index contributed by atoms with van der Waals surface area (Å²) in [6.45, 7) is 9.48. The lowest BCUT2D eigenvalue weighted by molar-refractivity contribution is 0.660. The highest BCUT2D eigenvalue weighted by molar-refractivity contribution is 6.16. The maximum absolute atomic E-state index is 2.54. The SMILES string of the molecule is CC1(C)c2ccccc2-c2c(N(c3ccc(-c4cccc5c4c4ccccc4n5-c4ccccc4)cc3)c3cccc4c3-c3ccccc3C4(C)C)cccc21. The van der Waals surface area contributed by atoms with E-state index in [1.165, 1.54) is 94.5 Å². The van der Waals surface area contributed by atoms with Gasteiger partial charge in [0.05, 0.1) is 22.4 Å². The summed E-state index contributed by atoms with van der Waals surface area (Å²) in [6, 6.07) is 67.4. The Labute approximate surface area is 328 Å². The van der Waals surface area contributed by atoms with Crippen molar-refractivity contribution in [1.29, 1.82) is 0 Å². The number of fused-ring (bicyclic) bond motifs is 9. The summed E-state index contributed by atoms with van der Waals surface area (Å²) in [6.07, 6.45) is 0. The van der Waals surface area contributed by atoms with Crippen LogP contribution in [0.25, 0.3) is 60.9 Å². The van der Waals surface area contributed by atoms with Crippen LogP contribution in [-0.4, -0.2) is 4.57 Å². The molecular formula is C54H42N2. The summed E-state index contributed by atoms with van der Waals surface area (Å²) in [5.41, 5.74) is 20.1. The predicted octanol–water partition coefficient (Wildman–Crippen LogP) is 14.5. The first kappa shape index (κ1) is 32.8. The Bertz CT molecular complexity index is 2910. The van der Waals surface area contributed by atoms with E-state index in [0.29, 0.717) is 0 Å². The van der Waals surface area contributed by atoms with Gasteiger partial charge in [0.15, 0.2) is 0 Å². The second kappa shape index (κ2) is 11.9. The molecule has 0 radical (unpaired) electrons. The van der Waals surface area contributed by atoms with Crippen LogP contribution in [0.15, 0.2) is 182 Å². The molecule has 11 rings (SSSR count). The zero-order valence-electron chi connectivity index (χ0n) is 32.2. The number of benzene rings is 8. The minimum absolute atomic E-state index is 0.109. The van der Waals surface area contributed by atoms with Crippen molar-refractivity contribution in [2.24, 2.45) is 0 Å². The molecule has 56 heavy (non-hydrogen) atoms. The lowest BCUT2D eigenvalue weighted by Gasteiger charge is -2.31. The molecule has 2 heteroatoms. The lowest BCUT2D eigenvalue weighted by atomic mass is 9.82. The van der Waals surface area contributed by atoms with Crippen molar-refractivity contribution in [2.45, 2.75) is 38.5 Å². The molecule has 268 valence electrons. The van der Waals surface area contributed by atoms with Gasteiger partial charge in [-0.3, -0.25) is 0 Å². The first-order chi connectivity index (χ1) is 27.3. The molecule has 0 fully saturated rings. The molecule has 0 bridgehead atoms. The van der Waals surface area contributed by atoms with Gasteiger partial charge in [0.2, 0.25) is 0 Å². The van der Waals surface area contributed by atoms with Crippen LogP contribution in [0.1, 0.15) is 49.9 Å². The largest absolute Gasteiger partial charge is 0.309 e. The van der Waals surface area contributed by atoms with Crippen molar-refractivity contribution in [3.8, 4) is 39.1 Å². The quantitative estimate of drug-likeness (QED) is 0.172. The Kier molecular flexibility index (Phi) is 6.98. The Morgan fingerprint density at radius 1 is 0.393 bits per heavy atom. The molecule has 2 nitrogen and oxygen atoms in total. The summed E-state index contributed by atoms with van der Waals surface area (Å²) in [5.74, 6) is 0. The van der Waals surface area contributed by atoms with E-state index in [2.05, 4.69) is 219 Å². The van der Waals surface area contributed by atoms with E-state index in [1.54, 1.807) is 0 Å². The van der Waals surface area contributed by atoms with Crippen LogP contribution in [0.3, 0.4) is 0 Å². The normalized spacial score (nSPS) is 14.4. The molecule has 0 unspecified atom stereocenters. The van der Waals surface area contributed by atoms with Crippen molar-refractivity contribution in [2.75, 3.05) is 4.90 Å². The van der Waals surface area contributed by atoms with Gasteiger partial charge in [-0.25, -0.2) is 0 Å². The van der Waals surface area contributed by atoms with E-state index in [9.17, 15) is 0 Å². The summed E-state index contributed by atoms with van der Waals surface area (Å²) in [7, 11) is 0. The van der Waals surface area contributed by atoms with Gasteiger partial charge < -0.3 is 9.47 Å². The van der Waals surface area contributed by atoms with Crippen LogP contribution in [0.5, 0.6) is 0 Å². The Hall–Kier alpha value is -6.64. The average Bonchev–Trinajstić information content (AvgIpc) is 3.79. The topological polar surface area (TPSA) is 8.17 Å². The van der Waals surface area contributed by atoms with Gasteiger partial charge in [-0.2, -0.15) is 0 Å². The van der Waals surface area contributed by atoms with Crippen LogP contribution >= 0.6 is 0 Å². The first-order valence-corrected chi connectivity index (χ1v) is 19.8. The third-order valence-corrected chi connectivity index (χ3v) is 12.8. The van der Waals surface area contributed by atoms with Gasteiger partial charge in [0, 0.05) is 44.1 Å². The Balaban J connectivity index is 1.14. The van der Waals surface area contributed by atoms with Crippen LogP contribution in [0, 0.1) is 0 Å². The predicted molar refractivity (Wildman–Crippen MR) is 236 cm³/mol. The standard InChI is InChI=1S/C54H42N2/c1-53(2)42-23-11-8-19-39(42)51-44(53)25-15-29-48(51)56(49-30-16-26-45-52(49)40-20-9-12-24-43(40)54(45,3)4)37-33-31-35(32-34-37)38-22-14-28-47-50(38)41-21-10-13-27-46(41)55(47)36-17-6-5-7-18-36/h5-34H,1-4H3. The van der Waals surface area contributed by atoms with Crippen LogP contribution < -0.4 is 4.90 Å². The van der Waals surface area contributed by atoms with Gasteiger partial charge in [-0.05, 0) is 93.0 Å². The van der Waals surface area contributed by atoms with E-state index < -0.39 is 0 Å². The van der Waals surface area contributed by atoms with Gasteiger partial charge >= 0.3 is 0 Å². The zero-order chi connectivity index (χ0) is 37.8. The number of hydrogen-bond donors (Lipinski definition) is 0. The second-order valence-electron chi connectivity index (χ2n) is 16.5. The monoisotopic (exact) mass is 718 g/mol. The molecule has 9 aromatic rings. The van der Waals surface area contributed by atoms with E-state index in [-0.39, 0.29) is 10.8 Å². The molecule has 0 spiro atoms. The Morgan fingerprint density at radius 3 is 1.50 bits per heavy atom. The average molecular weight is 719 g/mol. The van der Waals surface area contributed by atoms with Crippen molar-refractivity contribution in [1.82, 2.24) is 4.57 Å². The fourth-order valence-electron chi connectivity index (χ4n) is 10.2. The number of para-hydroxylation sites is 2. The van der Waals surface area contributed by atoms with Crippen molar-refractivity contribution in [3.63, 3.8) is 0 Å². The third kappa shape index (κ3) is 4.50. The molecule has 0 aliphatic heterocycles. The summed E-state index contributed by atoms with van der Waals surface area (Å²) >= 11 is 0. The highest BCUT2D eigenvalue weighted by Gasteiger charge is 2.40. The summed E-state index contributed by atoms with van der Waals surface area (Å²) in [5, 5.41) is 2.53. The van der Waals surface area contributed by atoms with Crippen molar-refractivity contribution < 1.29 is 0 Å². The lowest BCUT2D eigenvalue weighted by Crippen LogP contribution is -2.17. The fourth-order valence-corrected chi connectivity index (χ4v) is 10.2. The van der Waals surface area contributed by atoms with Crippen LogP contribution in [0.2, 0.25) is 0 Å². The molecule has 2 aliphatic rings. The van der Waals surface area contributed by atoms with E-state index in [0.717, 1.165) is 5.69 Å². The highest BCUT2D eigenvalue weighted by Crippen LogP contribution is 2.58. The number of hydrogen-bond acceptors (Lipinski definition) is 1. The van der Waals surface area contributed by atoms with Gasteiger partial charge in [-0.15, -0.1) is 0 Å². The maximum atomic E-state index is 2.54. The summed E-state index contributed by atoms with van der Waals surface area (Å²) < 4.78 is 2.40. The minimum Gasteiger partial charge on any atom is -0.309 e. The van der Waals surface area contributed by atoms with E-state index in [4.69, 9.17) is 0 Å². The third-order valence-electron chi connectivity index (χ3n) is 12.8. The van der Waals surface area contributed by atoms with Gasteiger partial charge in [0.25, 0.3) is 0 Å². The fraction of sp³-hybridized carbons (Fsp3) is 0.111. The van der Waals surface area contributed by atoms with Crippen LogP contribution in [-0.2, 0) is 10.8 Å². The number of nitrogens with zero attached hydrogens (tertiary/aromatic N) is 2. The molecule has 1 heterocycles. The van der Waals surface area contributed by atoms with E-state index >= 15 is 0 Å². The molecule has 8 aromatic carbocycles. The molecule has 0 saturated carbocycles. The number of rotatable bonds is 5. The highest BCUT2D eigenvalue weighted by atomic mass is 15.1. The minimum atomic E-state index is -0.109. The molecule has 0 N–H and O–H groups in total. The van der Waals surface area contributed by atoms with E-state index in [1.807, 2.05) is 0 Å². The molecule has 0 atom stereocenters. The molecular weight excluding hydrogens is 677 g/mol. The maximum Gasteiger partial charge on any atom is 0.0547 e. The zero-order valence-corrected chi connectivity index (χ0v) is 32.2. The second-order valence-corrected chi connectivity index (χ2v) is 16.5. The summed E-state index contributed by atoms with van der Waals surface area (Å²) in [4.78, 5) is 2.54. The van der Waals surface area contributed by atoms with Crippen LogP contribution in [0.4, 0.5) is 17.1 Å². The number of anilines is 3. The molecule has 2 aliphatic carbocycles. The smallest absolute Gasteiger partial charge is 0.0547 e. The first-order valence-electron chi connectivity index (χ1n) is 19.8. The van der Waals surface area contributed by atoms with Gasteiger partial charge in [0.1, 0.15) is 0 Å². The van der Waals surface area contributed by atoms with Gasteiger partial charge in [-0.1, -0.05) is 161 Å². The molecule has 1 aromatic heterocycles. The Morgan fingerprint density at radius 2 is 0.875 bits per heavy atom. The molecule has 0 saturated heterocycles. The van der Waals surface area contributed by atoms with Crippen molar-refractivity contribution >= 4 is 38.9 Å². The van der Waals surface area contributed by atoms with Crippen molar-refractivity contribution in [3.05, 3.63) is 204 Å². The number of aromatic nitrogens is 1.